The number of nitrogens with one attached hydrogen (secondary N) is 1. The molecule has 168 valence electrons. The summed E-state index contributed by atoms with van der Waals surface area (Å²) in [4.78, 5) is 23.4. The summed E-state index contributed by atoms with van der Waals surface area (Å²) >= 11 is 0. The number of carbonyl (C=O) groups is 2. The fourth-order valence-electron chi connectivity index (χ4n) is 4.30. The first-order chi connectivity index (χ1) is 14.6. The standard InChI is InChI=1S/C24H30FNO5/c1-4-22(29)26-21-9-14(5-8-20(21)25)18-11-16(28)13-24(2,3)19(18)7-6-17-10-15(27)12-23(30)31-17/h5-9,15-17,27-28H,4,10-13H2,1-3H3,(H,26,29)/b7-6+/t15-,16?,17-/m1/s1. The maximum Gasteiger partial charge on any atom is 0.309 e. The number of anilines is 1. The summed E-state index contributed by atoms with van der Waals surface area (Å²) in [6.45, 7) is 5.72. The summed E-state index contributed by atoms with van der Waals surface area (Å²) in [5, 5.41) is 22.9. The molecule has 31 heavy (non-hydrogen) atoms. The number of ether oxygens (including phenoxy) is 1. The van der Waals surface area contributed by atoms with Crippen LogP contribution < -0.4 is 5.32 Å². The smallest absolute Gasteiger partial charge is 0.309 e. The highest BCUT2D eigenvalue weighted by Crippen LogP contribution is 2.45. The molecule has 1 aromatic rings. The summed E-state index contributed by atoms with van der Waals surface area (Å²) in [6, 6.07) is 4.53. The first-order valence-electron chi connectivity index (χ1n) is 10.7. The van der Waals surface area contributed by atoms with Gasteiger partial charge in [0.25, 0.3) is 0 Å². The van der Waals surface area contributed by atoms with Gasteiger partial charge >= 0.3 is 5.97 Å². The van der Waals surface area contributed by atoms with Crippen LogP contribution in [0.5, 0.6) is 0 Å². The van der Waals surface area contributed by atoms with Gasteiger partial charge in [0.1, 0.15) is 11.9 Å². The van der Waals surface area contributed by atoms with Crippen LogP contribution in [0.4, 0.5) is 10.1 Å². The molecule has 1 saturated heterocycles. The SMILES string of the molecule is CCC(=O)Nc1cc(C2=C(/C=C/[C@@H]3C[C@@H](O)CC(=O)O3)C(C)(C)CC(O)C2)ccc1F. The van der Waals surface area contributed by atoms with Crippen molar-refractivity contribution in [2.75, 3.05) is 5.32 Å². The van der Waals surface area contributed by atoms with Gasteiger partial charge in [-0.1, -0.05) is 32.9 Å². The largest absolute Gasteiger partial charge is 0.458 e. The zero-order valence-corrected chi connectivity index (χ0v) is 18.2. The molecule has 1 fully saturated rings. The lowest BCUT2D eigenvalue weighted by atomic mass is 9.69. The highest BCUT2D eigenvalue weighted by molar-refractivity contribution is 5.91. The molecule has 3 atom stereocenters. The predicted octanol–water partition coefficient (Wildman–Crippen LogP) is 3.73. The van der Waals surface area contributed by atoms with Crippen molar-refractivity contribution in [3.8, 4) is 0 Å². The van der Waals surface area contributed by atoms with Crippen molar-refractivity contribution < 1.29 is 28.9 Å². The van der Waals surface area contributed by atoms with Crippen LogP contribution in [0.15, 0.2) is 35.9 Å². The predicted molar refractivity (Wildman–Crippen MR) is 116 cm³/mol. The minimum atomic E-state index is -0.729. The number of allylic oxidation sites excluding steroid dienone is 2. The number of rotatable bonds is 5. The number of halogens is 1. The molecule has 1 aliphatic heterocycles. The van der Waals surface area contributed by atoms with Crippen LogP contribution in [0.2, 0.25) is 0 Å². The molecule has 7 heteroatoms. The van der Waals surface area contributed by atoms with Gasteiger partial charge in [-0.3, -0.25) is 9.59 Å². The van der Waals surface area contributed by atoms with Crippen molar-refractivity contribution in [2.24, 2.45) is 5.41 Å². The lowest BCUT2D eigenvalue weighted by Crippen LogP contribution is -2.32. The van der Waals surface area contributed by atoms with E-state index in [1.165, 1.54) is 6.07 Å². The topological polar surface area (TPSA) is 95.9 Å². The number of hydrogen-bond acceptors (Lipinski definition) is 5. The fraction of sp³-hybridized carbons (Fsp3) is 0.500. The Bertz CT molecular complexity index is 921. The van der Waals surface area contributed by atoms with Crippen LogP contribution in [-0.2, 0) is 14.3 Å². The summed E-state index contributed by atoms with van der Waals surface area (Å²) < 4.78 is 19.6. The van der Waals surface area contributed by atoms with E-state index in [0.29, 0.717) is 24.8 Å². The molecule has 3 N–H and O–H groups in total. The lowest BCUT2D eigenvalue weighted by Gasteiger charge is -2.37. The Hall–Kier alpha value is -2.51. The van der Waals surface area contributed by atoms with E-state index in [2.05, 4.69) is 5.32 Å². The molecule has 1 unspecified atom stereocenters. The Morgan fingerprint density at radius 3 is 2.71 bits per heavy atom. The van der Waals surface area contributed by atoms with Gasteiger partial charge in [0.2, 0.25) is 5.91 Å². The van der Waals surface area contributed by atoms with E-state index >= 15 is 0 Å². The first kappa shape index (κ1) is 23.2. The number of aliphatic hydroxyl groups excluding tert-OH is 2. The van der Waals surface area contributed by atoms with Gasteiger partial charge < -0.3 is 20.3 Å². The van der Waals surface area contributed by atoms with Crippen LogP contribution in [0.25, 0.3) is 5.57 Å². The van der Waals surface area contributed by atoms with Crippen LogP contribution in [0.3, 0.4) is 0 Å². The molecule has 0 aromatic heterocycles. The molecule has 0 spiro atoms. The van der Waals surface area contributed by atoms with Crippen LogP contribution in [0, 0.1) is 11.2 Å². The molecule has 3 rings (SSSR count). The normalized spacial score (nSPS) is 26.1. The highest BCUT2D eigenvalue weighted by atomic mass is 19.1. The number of carbonyl (C=O) groups excluding carboxylic acids is 2. The third-order valence-electron chi connectivity index (χ3n) is 5.82. The van der Waals surface area contributed by atoms with Gasteiger partial charge in [0.15, 0.2) is 0 Å². The quantitative estimate of drug-likeness (QED) is 0.618. The molecular weight excluding hydrogens is 401 g/mol. The average Bonchev–Trinajstić information content (AvgIpc) is 2.67. The summed E-state index contributed by atoms with van der Waals surface area (Å²) in [7, 11) is 0. The van der Waals surface area contributed by atoms with Crippen molar-refractivity contribution in [2.45, 2.75) is 71.2 Å². The van der Waals surface area contributed by atoms with Crippen molar-refractivity contribution in [3.63, 3.8) is 0 Å². The van der Waals surface area contributed by atoms with E-state index in [1.54, 1.807) is 25.1 Å². The molecule has 6 nitrogen and oxygen atoms in total. The Labute approximate surface area is 181 Å². The number of cyclic esters (lactones) is 1. The number of benzene rings is 1. The van der Waals surface area contributed by atoms with Crippen LogP contribution >= 0.6 is 0 Å². The van der Waals surface area contributed by atoms with Crippen molar-refractivity contribution in [1.29, 1.82) is 0 Å². The van der Waals surface area contributed by atoms with E-state index in [4.69, 9.17) is 4.74 Å². The highest BCUT2D eigenvalue weighted by Gasteiger charge is 2.34. The van der Waals surface area contributed by atoms with Crippen LogP contribution in [-0.4, -0.2) is 40.4 Å². The van der Waals surface area contributed by atoms with E-state index < -0.39 is 30.1 Å². The molecular formula is C24H30FNO5. The third-order valence-corrected chi connectivity index (χ3v) is 5.82. The van der Waals surface area contributed by atoms with E-state index in [0.717, 1.165) is 11.1 Å². The summed E-state index contributed by atoms with van der Waals surface area (Å²) in [6.07, 6.45) is 3.31. The Morgan fingerprint density at radius 1 is 1.29 bits per heavy atom. The van der Waals surface area contributed by atoms with Gasteiger partial charge in [-0.05, 0) is 53.2 Å². The Kier molecular flexibility index (Phi) is 6.96. The molecule has 0 radical (unpaired) electrons. The molecule has 1 aliphatic carbocycles. The summed E-state index contributed by atoms with van der Waals surface area (Å²) in [5.41, 5.74) is 2.20. The maximum atomic E-state index is 14.3. The average molecular weight is 432 g/mol. The monoisotopic (exact) mass is 431 g/mol. The van der Waals surface area contributed by atoms with Crippen molar-refractivity contribution in [1.82, 2.24) is 0 Å². The molecule has 0 bridgehead atoms. The minimum absolute atomic E-state index is 0.00217. The second kappa shape index (κ2) is 9.32. The minimum Gasteiger partial charge on any atom is -0.458 e. The van der Waals surface area contributed by atoms with Gasteiger partial charge in [-0.15, -0.1) is 0 Å². The maximum absolute atomic E-state index is 14.3. The van der Waals surface area contributed by atoms with Gasteiger partial charge in [0.05, 0.1) is 24.3 Å². The van der Waals surface area contributed by atoms with Gasteiger partial charge in [-0.25, -0.2) is 4.39 Å². The zero-order chi connectivity index (χ0) is 22.8. The fourth-order valence-corrected chi connectivity index (χ4v) is 4.30. The van der Waals surface area contributed by atoms with E-state index in [9.17, 15) is 24.2 Å². The van der Waals surface area contributed by atoms with E-state index in [-0.39, 0.29) is 29.9 Å². The molecule has 1 aromatic carbocycles. The number of amides is 1. The zero-order valence-electron chi connectivity index (χ0n) is 18.2. The Morgan fingerprint density at radius 2 is 2.03 bits per heavy atom. The number of hydrogen-bond donors (Lipinski definition) is 3. The van der Waals surface area contributed by atoms with Crippen molar-refractivity contribution >= 4 is 23.1 Å². The number of esters is 1. The van der Waals surface area contributed by atoms with Gasteiger partial charge in [0, 0.05) is 12.8 Å². The number of aliphatic hydroxyl groups is 2. The third kappa shape index (κ3) is 5.60. The van der Waals surface area contributed by atoms with Crippen LogP contribution in [0.1, 0.15) is 58.4 Å². The second-order valence-electron chi connectivity index (χ2n) is 8.92. The molecule has 1 heterocycles. The second-order valence-corrected chi connectivity index (χ2v) is 8.92. The van der Waals surface area contributed by atoms with Crippen molar-refractivity contribution in [3.05, 3.63) is 47.3 Å². The van der Waals surface area contributed by atoms with E-state index in [1.807, 2.05) is 19.9 Å². The molecule has 2 aliphatic rings. The molecule has 0 saturated carbocycles. The summed E-state index contributed by atoms with van der Waals surface area (Å²) in [5.74, 6) is -1.25. The Balaban J connectivity index is 2.01. The van der Waals surface area contributed by atoms with Gasteiger partial charge in [-0.2, -0.15) is 0 Å². The first-order valence-corrected chi connectivity index (χ1v) is 10.7. The molecule has 1 amide bonds. The lowest BCUT2D eigenvalue weighted by molar-refractivity contribution is -0.156.